The van der Waals surface area contributed by atoms with Crippen molar-refractivity contribution in [1.29, 1.82) is 0 Å². The Kier molecular flexibility index (Phi) is 1.35. The van der Waals surface area contributed by atoms with Gasteiger partial charge in [-0.05, 0) is 0 Å². The minimum absolute atomic E-state index is 0.505. The van der Waals surface area contributed by atoms with Crippen molar-refractivity contribution in [2.45, 2.75) is 0 Å². The van der Waals surface area contributed by atoms with Gasteiger partial charge < -0.3 is 10.3 Å². The lowest BCUT2D eigenvalue weighted by molar-refractivity contribution is 0.937. The van der Waals surface area contributed by atoms with Crippen molar-refractivity contribution in [2.75, 3.05) is 12.1 Å². The standard InChI is InChI=1S/C9H10N6/c1-14-3-5-6-8(14)11-4-12-9(6)15(2)13-7(5)10/h3-4H,1-2H3,(H2,10,13). The second kappa shape index (κ2) is 2.47. The highest BCUT2D eigenvalue weighted by Crippen LogP contribution is 2.30. The van der Waals surface area contributed by atoms with Crippen LogP contribution in [0.15, 0.2) is 17.6 Å². The maximum atomic E-state index is 5.85. The van der Waals surface area contributed by atoms with E-state index in [9.17, 15) is 0 Å². The Balaban J connectivity index is 2.52. The van der Waals surface area contributed by atoms with E-state index in [4.69, 9.17) is 5.73 Å². The van der Waals surface area contributed by atoms with Gasteiger partial charge in [0.15, 0.2) is 11.7 Å². The van der Waals surface area contributed by atoms with Gasteiger partial charge in [0.2, 0.25) is 0 Å². The molecule has 76 valence electrons. The van der Waals surface area contributed by atoms with Crippen LogP contribution in [0.2, 0.25) is 0 Å². The first kappa shape index (κ1) is 8.22. The fourth-order valence-corrected chi connectivity index (χ4v) is 1.90. The lowest BCUT2D eigenvalue weighted by Gasteiger charge is -2.18. The summed E-state index contributed by atoms with van der Waals surface area (Å²) in [5.74, 6) is 1.30. The molecule has 15 heavy (non-hydrogen) atoms. The summed E-state index contributed by atoms with van der Waals surface area (Å²) in [4.78, 5) is 8.43. The molecule has 0 aliphatic carbocycles. The molecule has 0 atom stereocenters. The van der Waals surface area contributed by atoms with Crippen LogP contribution in [-0.2, 0) is 7.05 Å². The van der Waals surface area contributed by atoms with E-state index in [1.165, 1.54) is 6.33 Å². The van der Waals surface area contributed by atoms with Gasteiger partial charge in [0.25, 0.3) is 0 Å². The van der Waals surface area contributed by atoms with Crippen LogP contribution in [0.25, 0.3) is 11.0 Å². The predicted molar refractivity (Wildman–Crippen MR) is 57.6 cm³/mol. The lowest BCUT2D eigenvalue weighted by Crippen LogP contribution is -2.25. The molecule has 0 spiro atoms. The van der Waals surface area contributed by atoms with E-state index in [0.717, 1.165) is 22.4 Å². The maximum Gasteiger partial charge on any atom is 0.162 e. The quantitative estimate of drug-likeness (QED) is 0.654. The van der Waals surface area contributed by atoms with Crippen molar-refractivity contribution in [1.82, 2.24) is 14.5 Å². The zero-order chi connectivity index (χ0) is 10.6. The van der Waals surface area contributed by atoms with Crippen molar-refractivity contribution < 1.29 is 0 Å². The van der Waals surface area contributed by atoms with Gasteiger partial charge in [-0.2, -0.15) is 5.10 Å². The lowest BCUT2D eigenvalue weighted by atomic mass is 10.2. The molecule has 6 heteroatoms. The molecule has 2 N–H and O–H groups in total. The highest BCUT2D eigenvalue weighted by Gasteiger charge is 2.22. The molecule has 0 amide bonds. The monoisotopic (exact) mass is 202 g/mol. The molecular formula is C9H10N6. The summed E-state index contributed by atoms with van der Waals surface area (Å²) >= 11 is 0. The molecule has 2 aromatic rings. The van der Waals surface area contributed by atoms with E-state index in [-0.39, 0.29) is 0 Å². The number of amidine groups is 1. The maximum absolute atomic E-state index is 5.85. The van der Waals surface area contributed by atoms with Crippen LogP contribution < -0.4 is 10.7 Å². The first-order chi connectivity index (χ1) is 7.18. The second-order valence-electron chi connectivity index (χ2n) is 3.56. The molecule has 0 unspecified atom stereocenters. The number of rotatable bonds is 0. The third kappa shape index (κ3) is 0.903. The van der Waals surface area contributed by atoms with Crippen LogP contribution in [0.1, 0.15) is 5.56 Å². The molecule has 0 saturated heterocycles. The number of nitrogens with two attached hydrogens (primary N) is 1. The topological polar surface area (TPSA) is 72.3 Å². The molecule has 0 radical (unpaired) electrons. The smallest absolute Gasteiger partial charge is 0.162 e. The van der Waals surface area contributed by atoms with Gasteiger partial charge in [0.1, 0.15) is 12.0 Å². The molecular weight excluding hydrogens is 192 g/mol. The molecule has 0 fully saturated rings. The molecule has 3 heterocycles. The Labute approximate surface area is 86.0 Å². The summed E-state index contributed by atoms with van der Waals surface area (Å²) < 4.78 is 1.93. The van der Waals surface area contributed by atoms with E-state index < -0.39 is 0 Å². The van der Waals surface area contributed by atoms with Gasteiger partial charge in [0.05, 0.1) is 5.39 Å². The van der Waals surface area contributed by atoms with Crippen molar-refractivity contribution in [2.24, 2.45) is 17.9 Å². The van der Waals surface area contributed by atoms with Crippen molar-refractivity contribution in [3.63, 3.8) is 0 Å². The second-order valence-corrected chi connectivity index (χ2v) is 3.56. The Morgan fingerprint density at radius 1 is 1.27 bits per heavy atom. The summed E-state index contributed by atoms with van der Waals surface area (Å²) in [5.41, 5.74) is 7.63. The van der Waals surface area contributed by atoms with Crippen molar-refractivity contribution >= 4 is 22.7 Å². The van der Waals surface area contributed by atoms with E-state index in [2.05, 4.69) is 15.1 Å². The first-order valence-corrected chi connectivity index (χ1v) is 4.56. The molecule has 1 aliphatic rings. The normalized spacial score (nSPS) is 14.5. The number of nitrogens with zero attached hydrogens (tertiary/aromatic N) is 5. The summed E-state index contributed by atoms with van der Waals surface area (Å²) in [6.07, 6.45) is 3.46. The van der Waals surface area contributed by atoms with Crippen LogP contribution in [0.4, 0.5) is 5.82 Å². The third-order valence-electron chi connectivity index (χ3n) is 2.57. The Morgan fingerprint density at radius 2 is 2.07 bits per heavy atom. The highest BCUT2D eigenvalue weighted by atomic mass is 15.5. The molecule has 6 nitrogen and oxygen atoms in total. The van der Waals surface area contributed by atoms with Crippen LogP contribution in [0.3, 0.4) is 0 Å². The summed E-state index contributed by atoms with van der Waals surface area (Å²) in [5, 5.41) is 6.83. The van der Waals surface area contributed by atoms with Gasteiger partial charge in [-0.1, -0.05) is 0 Å². The number of hydrogen-bond acceptors (Lipinski definition) is 5. The van der Waals surface area contributed by atoms with Crippen LogP contribution in [0.5, 0.6) is 0 Å². The van der Waals surface area contributed by atoms with Gasteiger partial charge in [-0.3, -0.25) is 0 Å². The average molecular weight is 202 g/mol. The summed E-state index contributed by atoms with van der Waals surface area (Å²) in [6.45, 7) is 0. The van der Waals surface area contributed by atoms with E-state index in [1.807, 2.05) is 24.9 Å². The molecule has 0 saturated carbocycles. The van der Waals surface area contributed by atoms with Crippen molar-refractivity contribution in [3.05, 3.63) is 18.1 Å². The Hall–Kier alpha value is -2.11. The molecule has 3 rings (SSSR count). The van der Waals surface area contributed by atoms with Gasteiger partial charge >= 0.3 is 0 Å². The molecule has 2 aromatic heterocycles. The number of hydrogen-bond donors (Lipinski definition) is 1. The number of aryl methyl sites for hydroxylation is 1. The van der Waals surface area contributed by atoms with E-state index in [1.54, 1.807) is 5.01 Å². The number of hydrazone groups is 1. The molecule has 1 aliphatic heterocycles. The SMILES string of the molecule is CN1N=C(N)c2cn(C)c3ncnc1c23. The predicted octanol–water partition coefficient (Wildman–Crippen LogP) is 0.0384. The Morgan fingerprint density at radius 3 is 2.87 bits per heavy atom. The van der Waals surface area contributed by atoms with Gasteiger partial charge in [-0.15, -0.1) is 0 Å². The van der Waals surface area contributed by atoms with Crippen LogP contribution in [0, 0.1) is 0 Å². The minimum Gasteiger partial charge on any atom is -0.382 e. The minimum atomic E-state index is 0.505. The van der Waals surface area contributed by atoms with E-state index in [0.29, 0.717) is 5.84 Å². The zero-order valence-corrected chi connectivity index (χ0v) is 8.47. The first-order valence-electron chi connectivity index (χ1n) is 4.56. The summed E-state index contributed by atoms with van der Waals surface area (Å²) in [6, 6.07) is 0. The fraction of sp³-hybridized carbons (Fsp3) is 0.222. The summed E-state index contributed by atoms with van der Waals surface area (Å²) in [7, 11) is 3.76. The van der Waals surface area contributed by atoms with Crippen LogP contribution >= 0.6 is 0 Å². The van der Waals surface area contributed by atoms with Gasteiger partial charge in [-0.25, -0.2) is 15.0 Å². The number of aromatic nitrogens is 3. The van der Waals surface area contributed by atoms with E-state index >= 15 is 0 Å². The molecule has 0 bridgehead atoms. The number of anilines is 1. The average Bonchev–Trinajstić information content (AvgIpc) is 2.55. The largest absolute Gasteiger partial charge is 0.382 e. The third-order valence-corrected chi connectivity index (χ3v) is 2.57. The molecule has 0 aromatic carbocycles. The van der Waals surface area contributed by atoms with Crippen LogP contribution in [-0.4, -0.2) is 27.4 Å². The Bertz CT molecular complexity index is 582. The van der Waals surface area contributed by atoms with Crippen molar-refractivity contribution in [3.8, 4) is 0 Å². The zero-order valence-electron chi connectivity index (χ0n) is 8.47. The fourth-order valence-electron chi connectivity index (χ4n) is 1.90. The highest BCUT2D eigenvalue weighted by molar-refractivity contribution is 6.13. The van der Waals surface area contributed by atoms with Gasteiger partial charge in [0, 0.05) is 25.9 Å².